The van der Waals surface area contributed by atoms with Crippen LogP contribution in [0.3, 0.4) is 0 Å². The van der Waals surface area contributed by atoms with E-state index in [1.165, 1.54) is 6.07 Å². The van der Waals surface area contributed by atoms with Gasteiger partial charge in [0.25, 0.3) is 5.91 Å². The molecule has 7 nitrogen and oxygen atoms in total. The van der Waals surface area contributed by atoms with Gasteiger partial charge in [-0.2, -0.15) is 0 Å². The first kappa shape index (κ1) is 22.6. The van der Waals surface area contributed by atoms with Crippen LogP contribution in [0.25, 0.3) is 0 Å². The second-order valence-corrected chi connectivity index (χ2v) is 8.61. The highest BCUT2D eigenvalue weighted by Gasteiger charge is 2.17. The summed E-state index contributed by atoms with van der Waals surface area (Å²) in [5.74, 6) is -1.12. The van der Waals surface area contributed by atoms with Crippen LogP contribution in [0.5, 0.6) is 0 Å². The molecule has 2 rings (SSSR count). The van der Waals surface area contributed by atoms with E-state index in [1.807, 2.05) is 32.9 Å². The molecule has 2 aromatic carbocycles. The van der Waals surface area contributed by atoms with Gasteiger partial charge in [0.1, 0.15) is 0 Å². The molecule has 0 bridgehead atoms. The van der Waals surface area contributed by atoms with Crippen LogP contribution in [0.15, 0.2) is 41.3 Å². The quantitative estimate of drug-likeness (QED) is 0.642. The molecule has 0 radical (unpaired) electrons. The Morgan fingerprint density at radius 1 is 1.00 bits per heavy atom. The molecular formula is C21H26N2O5S. The number of sulfonamides is 1. The van der Waals surface area contributed by atoms with E-state index in [0.29, 0.717) is 11.3 Å². The molecule has 0 saturated carbocycles. The van der Waals surface area contributed by atoms with E-state index in [2.05, 4.69) is 10.0 Å². The van der Waals surface area contributed by atoms with Crippen LogP contribution < -0.4 is 10.0 Å². The third-order valence-corrected chi connectivity index (χ3v) is 6.11. The summed E-state index contributed by atoms with van der Waals surface area (Å²) in [6, 6.07) is 10.5. The Morgan fingerprint density at radius 2 is 1.72 bits per heavy atom. The van der Waals surface area contributed by atoms with Gasteiger partial charge in [-0.05, 0) is 56.5 Å². The number of carbonyl (C=O) groups excluding carboxylic acids is 2. The van der Waals surface area contributed by atoms with E-state index < -0.39 is 28.5 Å². The number of hydrogen-bond acceptors (Lipinski definition) is 5. The minimum atomic E-state index is -3.72. The molecule has 0 saturated heterocycles. The molecule has 156 valence electrons. The molecule has 0 aromatic heterocycles. The molecule has 0 unspecified atom stereocenters. The molecule has 1 amide bonds. The molecule has 0 heterocycles. The smallest absolute Gasteiger partial charge is 0.307 e. The zero-order valence-corrected chi connectivity index (χ0v) is 17.9. The van der Waals surface area contributed by atoms with Crippen LogP contribution in [0.2, 0.25) is 0 Å². The molecule has 0 aliphatic rings. The molecule has 8 heteroatoms. The second kappa shape index (κ2) is 9.67. The summed E-state index contributed by atoms with van der Waals surface area (Å²) >= 11 is 0. The first-order valence-electron chi connectivity index (χ1n) is 9.19. The first-order valence-corrected chi connectivity index (χ1v) is 10.7. The lowest BCUT2D eigenvalue weighted by Crippen LogP contribution is -2.28. The molecule has 2 aromatic rings. The van der Waals surface area contributed by atoms with E-state index in [1.54, 1.807) is 25.1 Å². The summed E-state index contributed by atoms with van der Waals surface area (Å²) in [6.45, 7) is 6.86. The monoisotopic (exact) mass is 418 g/mol. The van der Waals surface area contributed by atoms with Crippen LogP contribution in [0.4, 0.5) is 5.69 Å². The number of benzene rings is 2. The number of hydrogen-bond donors (Lipinski definition) is 2. The van der Waals surface area contributed by atoms with E-state index >= 15 is 0 Å². The Morgan fingerprint density at radius 3 is 2.41 bits per heavy atom. The van der Waals surface area contributed by atoms with E-state index in [4.69, 9.17) is 4.74 Å². The van der Waals surface area contributed by atoms with Gasteiger partial charge >= 0.3 is 5.97 Å². The third kappa shape index (κ3) is 6.40. The maximum Gasteiger partial charge on any atom is 0.307 e. The summed E-state index contributed by atoms with van der Waals surface area (Å²) in [5.41, 5.74) is 4.23. The lowest BCUT2D eigenvalue weighted by molar-refractivity contribution is -0.147. The van der Waals surface area contributed by atoms with Crippen molar-refractivity contribution in [1.29, 1.82) is 0 Å². The number of rotatable bonds is 8. The first-order chi connectivity index (χ1) is 13.6. The average molecular weight is 419 g/mol. The number of carbonyl (C=O) groups is 2. The fourth-order valence-corrected chi connectivity index (χ4v) is 4.01. The minimum absolute atomic E-state index is 0.118. The molecule has 0 atom stereocenters. The van der Waals surface area contributed by atoms with Crippen molar-refractivity contribution in [2.45, 2.75) is 39.0 Å². The summed E-state index contributed by atoms with van der Waals surface area (Å²) in [4.78, 5) is 24.0. The maximum absolute atomic E-state index is 12.3. The Balaban J connectivity index is 1.79. The summed E-state index contributed by atoms with van der Waals surface area (Å²) in [5, 5.41) is 2.69. The van der Waals surface area contributed by atoms with Crippen molar-refractivity contribution in [3.8, 4) is 0 Å². The van der Waals surface area contributed by atoms with E-state index in [9.17, 15) is 18.0 Å². The third-order valence-electron chi connectivity index (χ3n) is 4.48. The maximum atomic E-state index is 12.3. The van der Waals surface area contributed by atoms with Crippen molar-refractivity contribution in [1.82, 2.24) is 4.72 Å². The zero-order valence-electron chi connectivity index (χ0n) is 17.0. The summed E-state index contributed by atoms with van der Waals surface area (Å²) < 4.78 is 32.0. The van der Waals surface area contributed by atoms with Crippen LogP contribution in [0, 0.1) is 27.7 Å². The van der Waals surface area contributed by atoms with Gasteiger partial charge in [0.05, 0.1) is 11.3 Å². The Bertz CT molecular complexity index is 1020. The molecule has 29 heavy (non-hydrogen) atoms. The van der Waals surface area contributed by atoms with Crippen molar-refractivity contribution in [2.24, 2.45) is 0 Å². The van der Waals surface area contributed by atoms with Gasteiger partial charge in [-0.25, -0.2) is 13.1 Å². The number of anilines is 1. The summed E-state index contributed by atoms with van der Waals surface area (Å²) in [6.07, 6.45) is -0.180. The molecule has 2 N–H and O–H groups in total. The fourth-order valence-electron chi connectivity index (χ4n) is 2.76. The Kier molecular flexibility index (Phi) is 7.53. The van der Waals surface area contributed by atoms with Crippen molar-refractivity contribution in [2.75, 3.05) is 18.5 Å². The highest BCUT2D eigenvalue weighted by Crippen LogP contribution is 2.18. The van der Waals surface area contributed by atoms with Gasteiger partial charge < -0.3 is 10.1 Å². The Labute approximate surface area is 171 Å². The lowest BCUT2D eigenvalue weighted by Gasteiger charge is -2.11. The van der Waals surface area contributed by atoms with Crippen LogP contribution in [-0.4, -0.2) is 33.4 Å². The largest absolute Gasteiger partial charge is 0.456 e. The molecule has 0 spiro atoms. The Hall–Kier alpha value is -2.71. The van der Waals surface area contributed by atoms with Crippen LogP contribution >= 0.6 is 0 Å². The number of esters is 1. The predicted octanol–water partition coefficient (Wildman–Crippen LogP) is 2.77. The van der Waals surface area contributed by atoms with E-state index in [0.717, 1.165) is 16.7 Å². The number of nitrogens with one attached hydrogen (secondary N) is 2. The van der Waals surface area contributed by atoms with Crippen LogP contribution in [0.1, 0.15) is 28.7 Å². The molecule has 0 aliphatic heterocycles. The minimum Gasteiger partial charge on any atom is -0.456 e. The predicted molar refractivity (Wildman–Crippen MR) is 111 cm³/mol. The average Bonchev–Trinajstić information content (AvgIpc) is 2.63. The van der Waals surface area contributed by atoms with Crippen molar-refractivity contribution in [3.05, 3.63) is 58.7 Å². The number of amides is 1. The van der Waals surface area contributed by atoms with Gasteiger partial charge in [0.15, 0.2) is 6.61 Å². The van der Waals surface area contributed by atoms with Crippen molar-refractivity contribution >= 4 is 27.6 Å². The van der Waals surface area contributed by atoms with Gasteiger partial charge in [0.2, 0.25) is 10.0 Å². The highest BCUT2D eigenvalue weighted by atomic mass is 32.2. The van der Waals surface area contributed by atoms with Gasteiger partial charge in [-0.1, -0.05) is 29.8 Å². The van der Waals surface area contributed by atoms with Gasteiger partial charge in [-0.15, -0.1) is 0 Å². The zero-order chi connectivity index (χ0) is 21.6. The normalized spacial score (nSPS) is 11.2. The van der Waals surface area contributed by atoms with Gasteiger partial charge in [-0.3, -0.25) is 9.59 Å². The van der Waals surface area contributed by atoms with E-state index in [-0.39, 0.29) is 17.9 Å². The standard InChI is InChI=1S/C21H26N2O5S/c1-14-8-9-19(16(3)12-14)29(26,27)22-11-10-21(25)28-13-20(24)23-18-7-5-6-15(2)17(18)4/h5-9,12,22H,10-11,13H2,1-4H3,(H,23,24). The fraction of sp³-hybridized carbons (Fsp3) is 0.333. The highest BCUT2D eigenvalue weighted by molar-refractivity contribution is 7.89. The molecular weight excluding hydrogens is 392 g/mol. The number of aryl methyl sites for hydroxylation is 3. The summed E-state index contributed by atoms with van der Waals surface area (Å²) in [7, 11) is -3.72. The van der Waals surface area contributed by atoms with Gasteiger partial charge in [0, 0.05) is 12.2 Å². The topological polar surface area (TPSA) is 102 Å². The van der Waals surface area contributed by atoms with Crippen molar-refractivity contribution in [3.63, 3.8) is 0 Å². The van der Waals surface area contributed by atoms with Crippen molar-refractivity contribution < 1.29 is 22.7 Å². The second-order valence-electron chi connectivity index (χ2n) is 6.87. The molecule has 0 aliphatic carbocycles. The number of ether oxygens (including phenoxy) is 1. The SMILES string of the molecule is Cc1ccc(S(=O)(=O)NCCC(=O)OCC(=O)Nc2cccc(C)c2C)c(C)c1. The molecule has 0 fully saturated rings. The lowest BCUT2D eigenvalue weighted by atomic mass is 10.1. The van der Waals surface area contributed by atoms with Crippen LogP contribution in [-0.2, 0) is 24.3 Å².